The van der Waals surface area contributed by atoms with E-state index < -0.39 is 11.7 Å². The molecule has 1 fully saturated rings. The molecule has 0 unspecified atom stereocenters. The molecule has 0 atom stereocenters. The normalized spacial score (nSPS) is 16.9. The van der Waals surface area contributed by atoms with Crippen LogP contribution in [-0.2, 0) is 0 Å². The smallest absolute Gasteiger partial charge is 0.374 e. The van der Waals surface area contributed by atoms with Gasteiger partial charge in [0.1, 0.15) is 0 Å². The standard InChI is InChI=1S/C7H9N3O3/c11-6(12)5-8-9-7(13)10(5)4-2-1-3-4/h4H,1-3H2,(H,9,13)(H,11,12). The first kappa shape index (κ1) is 8.03. The molecule has 6 nitrogen and oxygen atoms in total. The molecule has 1 aromatic rings. The summed E-state index contributed by atoms with van der Waals surface area (Å²) in [5.41, 5.74) is -0.429. The largest absolute Gasteiger partial charge is 0.475 e. The molecule has 0 spiro atoms. The highest BCUT2D eigenvalue weighted by molar-refractivity contribution is 5.83. The zero-order valence-electron chi connectivity index (χ0n) is 6.86. The molecule has 13 heavy (non-hydrogen) atoms. The lowest BCUT2D eigenvalue weighted by Gasteiger charge is -2.25. The van der Waals surface area contributed by atoms with E-state index in [1.54, 1.807) is 0 Å². The number of nitrogens with one attached hydrogen (secondary N) is 1. The molecular weight excluding hydrogens is 174 g/mol. The van der Waals surface area contributed by atoms with Gasteiger partial charge in [0.2, 0.25) is 5.82 Å². The van der Waals surface area contributed by atoms with Crippen molar-refractivity contribution in [2.24, 2.45) is 0 Å². The van der Waals surface area contributed by atoms with Gasteiger partial charge in [-0.1, -0.05) is 0 Å². The van der Waals surface area contributed by atoms with Crippen LogP contribution in [0.2, 0.25) is 0 Å². The number of carboxylic acid groups (broad SMARTS) is 1. The summed E-state index contributed by atoms with van der Waals surface area (Å²) in [4.78, 5) is 21.8. The molecule has 0 aliphatic heterocycles. The molecule has 0 amide bonds. The third-order valence-electron chi connectivity index (χ3n) is 2.34. The molecule has 1 saturated carbocycles. The molecule has 2 N–H and O–H groups in total. The number of aromatic amines is 1. The quantitative estimate of drug-likeness (QED) is 0.675. The van der Waals surface area contributed by atoms with Gasteiger partial charge in [-0.25, -0.2) is 14.7 Å². The number of H-pyrrole nitrogens is 1. The third kappa shape index (κ3) is 1.14. The first-order valence-electron chi connectivity index (χ1n) is 4.10. The molecule has 70 valence electrons. The lowest BCUT2D eigenvalue weighted by atomic mass is 9.93. The summed E-state index contributed by atoms with van der Waals surface area (Å²) in [6.45, 7) is 0. The second-order valence-corrected chi connectivity index (χ2v) is 3.11. The van der Waals surface area contributed by atoms with Gasteiger partial charge >= 0.3 is 11.7 Å². The number of carboxylic acids is 1. The van der Waals surface area contributed by atoms with E-state index in [-0.39, 0.29) is 11.9 Å². The Morgan fingerprint density at radius 2 is 2.31 bits per heavy atom. The minimum absolute atomic E-state index is 0.0253. The summed E-state index contributed by atoms with van der Waals surface area (Å²) in [5.74, 6) is -1.35. The van der Waals surface area contributed by atoms with E-state index in [0.717, 1.165) is 19.3 Å². The second kappa shape index (κ2) is 2.72. The average Bonchev–Trinajstić information content (AvgIpc) is 2.30. The van der Waals surface area contributed by atoms with Crippen LogP contribution >= 0.6 is 0 Å². The van der Waals surface area contributed by atoms with Gasteiger partial charge in [-0.15, -0.1) is 5.10 Å². The van der Waals surface area contributed by atoms with Gasteiger partial charge in [0.25, 0.3) is 0 Å². The maximum atomic E-state index is 11.2. The summed E-state index contributed by atoms with van der Waals surface area (Å²) >= 11 is 0. The van der Waals surface area contributed by atoms with E-state index in [1.165, 1.54) is 4.57 Å². The number of rotatable bonds is 2. The Hall–Kier alpha value is -1.59. The van der Waals surface area contributed by atoms with Crippen molar-refractivity contribution in [3.05, 3.63) is 16.3 Å². The van der Waals surface area contributed by atoms with Crippen molar-refractivity contribution in [2.45, 2.75) is 25.3 Å². The van der Waals surface area contributed by atoms with Crippen molar-refractivity contribution in [1.29, 1.82) is 0 Å². The average molecular weight is 183 g/mol. The number of hydrogen-bond donors (Lipinski definition) is 2. The summed E-state index contributed by atoms with van der Waals surface area (Å²) < 4.78 is 1.23. The monoisotopic (exact) mass is 183 g/mol. The van der Waals surface area contributed by atoms with Crippen LogP contribution < -0.4 is 5.69 Å². The zero-order valence-corrected chi connectivity index (χ0v) is 6.86. The third-order valence-corrected chi connectivity index (χ3v) is 2.34. The van der Waals surface area contributed by atoms with E-state index >= 15 is 0 Å². The van der Waals surface area contributed by atoms with Crippen molar-refractivity contribution < 1.29 is 9.90 Å². The first-order valence-corrected chi connectivity index (χ1v) is 4.10. The number of carbonyl (C=O) groups is 1. The van der Waals surface area contributed by atoms with Crippen LogP contribution in [0.5, 0.6) is 0 Å². The number of hydrogen-bond acceptors (Lipinski definition) is 3. The topological polar surface area (TPSA) is 88.0 Å². The molecule has 1 heterocycles. The highest BCUT2D eigenvalue weighted by Gasteiger charge is 2.26. The Bertz CT molecular complexity index is 388. The van der Waals surface area contributed by atoms with Crippen LogP contribution in [0, 0.1) is 0 Å². The van der Waals surface area contributed by atoms with Crippen LogP contribution in [0.4, 0.5) is 0 Å². The predicted molar refractivity (Wildman–Crippen MR) is 42.7 cm³/mol. The van der Waals surface area contributed by atoms with Gasteiger partial charge in [0.05, 0.1) is 0 Å². The molecule has 2 rings (SSSR count). The minimum atomic E-state index is -1.16. The van der Waals surface area contributed by atoms with Crippen LogP contribution in [0.3, 0.4) is 0 Å². The summed E-state index contributed by atoms with van der Waals surface area (Å²) in [6, 6.07) is 0.0253. The maximum absolute atomic E-state index is 11.2. The van der Waals surface area contributed by atoms with E-state index in [9.17, 15) is 9.59 Å². The van der Waals surface area contributed by atoms with Gasteiger partial charge in [0.15, 0.2) is 0 Å². The lowest BCUT2D eigenvalue weighted by molar-refractivity contribution is 0.0670. The van der Waals surface area contributed by atoms with E-state index in [2.05, 4.69) is 10.2 Å². The van der Waals surface area contributed by atoms with Crippen LogP contribution in [0.25, 0.3) is 0 Å². The fourth-order valence-electron chi connectivity index (χ4n) is 1.44. The second-order valence-electron chi connectivity index (χ2n) is 3.11. The van der Waals surface area contributed by atoms with Crippen molar-refractivity contribution >= 4 is 5.97 Å². The Balaban J connectivity index is 2.45. The van der Waals surface area contributed by atoms with Crippen molar-refractivity contribution in [2.75, 3.05) is 0 Å². The first-order chi connectivity index (χ1) is 6.20. The molecule has 1 aromatic heterocycles. The van der Waals surface area contributed by atoms with Gasteiger partial charge < -0.3 is 5.11 Å². The molecule has 0 bridgehead atoms. The molecule has 1 aliphatic rings. The van der Waals surface area contributed by atoms with E-state index in [0.29, 0.717) is 0 Å². The van der Waals surface area contributed by atoms with Gasteiger partial charge in [-0.3, -0.25) is 4.57 Å². The highest BCUT2D eigenvalue weighted by Crippen LogP contribution is 2.30. The molecule has 1 aliphatic carbocycles. The summed E-state index contributed by atoms with van der Waals surface area (Å²) in [5, 5.41) is 14.3. The molecule has 6 heteroatoms. The SMILES string of the molecule is O=C(O)c1n[nH]c(=O)n1C1CCC1. The molecular formula is C7H9N3O3. The Labute approximate surface area is 73.2 Å². The van der Waals surface area contributed by atoms with Crippen molar-refractivity contribution in [1.82, 2.24) is 14.8 Å². The summed E-state index contributed by atoms with van der Waals surface area (Å²) in [6.07, 6.45) is 2.76. The van der Waals surface area contributed by atoms with Crippen LogP contribution in [0.15, 0.2) is 4.79 Å². The number of aromatic nitrogens is 3. The van der Waals surface area contributed by atoms with E-state index in [4.69, 9.17) is 5.11 Å². The van der Waals surface area contributed by atoms with Crippen molar-refractivity contribution in [3.63, 3.8) is 0 Å². The number of nitrogens with zero attached hydrogens (tertiary/aromatic N) is 2. The maximum Gasteiger partial charge on any atom is 0.374 e. The Kier molecular flexibility index (Phi) is 1.68. The highest BCUT2D eigenvalue weighted by atomic mass is 16.4. The van der Waals surface area contributed by atoms with Gasteiger partial charge in [0, 0.05) is 6.04 Å². The molecule has 0 radical (unpaired) electrons. The molecule has 0 saturated heterocycles. The zero-order chi connectivity index (χ0) is 9.42. The number of aromatic carboxylic acids is 1. The fraction of sp³-hybridized carbons (Fsp3) is 0.571. The Morgan fingerprint density at radius 3 is 2.77 bits per heavy atom. The Morgan fingerprint density at radius 1 is 1.62 bits per heavy atom. The van der Waals surface area contributed by atoms with Gasteiger partial charge in [-0.05, 0) is 19.3 Å². The van der Waals surface area contributed by atoms with Crippen molar-refractivity contribution in [3.8, 4) is 0 Å². The minimum Gasteiger partial charge on any atom is -0.475 e. The fourth-order valence-corrected chi connectivity index (χ4v) is 1.44. The predicted octanol–water partition coefficient (Wildman–Crippen LogP) is -0.00540. The van der Waals surface area contributed by atoms with E-state index in [1.807, 2.05) is 0 Å². The summed E-state index contributed by atoms with van der Waals surface area (Å²) in [7, 11) is 0. The molecule has 0 aromatic carbocycles. The lowest BCUT2D eigenvalue weighted by Crippen LogP contribution is -2.29. The van der Waals surface area contributed by atoms with Crippen LogP contribution in [0.1, 0.15) is 35.9 Å². The van der Waals surface area contributed by atoms with Crippen LogP contribution in [-0.4, -0.2) is 25.8 Å². The van der Waals surface area contributed by atoms with Gasteiger partial charge in [-0.2, -0.15) is 0 Å².